The average Bonchev–Trinajstić information content (AvgIpc) is 3.17. The molecule has 2 fully saturated rings. The van der Waals surface area contributed by atoms with Gasteiger partial charge in [-0.3, -0.25) is 4.99 Å². The van der Waals surface area contributed by atoms with Crippen LogP contribution in [0.3, 0.4) is 0 Å². The van der Waals surface area contributed by atoms with Gasteiger partial charge in [-0.2, -0.15) is 0 Å². The molecule has 1 saturated heterocycles. The van der Waals surface area contributed by atoms with Gasteiger partial charge in [0, 0.05) is 27.2 Å². The van der Waals surface area contributed by atoms with Gasteiger partial charge in [-0.25, -0.2) is 4.98 Å². The monoisotopic (exact) mass is 325 g/mol. The molecule has 5 nitrogen and oxygen atoms in total. The van der Waals surface area contributed by atoms with E-state index in [4.69, 9.17) is 4.98 Å². The summed E-state index contributed by atoms with van der Waals surface area (Å²) in [5, 5.41) is 3.53. The van der Waals surface area contributed by atoms with E-state index in [9.17, 15) is 0 Å². The molecule has 1 saturated carbocycles. The average molecular weight is 325 g/mol. The summed E-state index contributed by atoms with van der Waals surface area (Å²) in [5.41, 5.74) is 2.23. The Balaban J connectivity index is 1.44. The molecule has 2 atom stereocenters. The maximum atomic E-state index is 4.74. The number of guanidine groups is 1. The standard InChI is InChI=1S/C19H27N5/c1-20-19(24-12-14-7-3-4-8-15(14)13-24)21-11-18-22-16-9-5-6-10-17(16)23(18)2/h5-6,9-10,14-15H,3-4,7-8,11-13H2,1-2H3,(H,20,21). The van der Waals surface area contributed by atoms with Gasteiger partial charge >= 0.3 is 0 Å². The van der Waals surface area contributed by atoms with Gasteiger partial charge in [-0.05, 0) is 36.8 Å². The number of aromatic nitrogens is 2. The molecule has 5 heteroatoms. The minimum Gasteiger partial charge on any atom is -0.349 e. The highest BCUT2D eigenvalue weighted by Gasteiger charge is 2.35. The van der Waals surface area contributed by atoms with E-state index in [2.05, 4.69) is 45.0 Å². The van der Waals surface area contributed by atoms with E-state index in [1.165, 1.54) is 31.2 Å². The third kappa shape index (κ3) is 2.76. The van der Waals surface area contributed by atoms with E-state index in [1.54, 1.807) is 0 Å². The minimum absolute atomic E-state index is 0.712. The lowest BCUT2D eigenvalue weighted by Gasteiger charge is -2.22. The van der Waals surface area contributed by atoms with Crippen LogP contribution in [0.5, 0.6) is 0 Å². The van der Waals surface area contributed by atoms with Gasteiger partial charge in [-0.1, -0.05) is 25.0 Å². The molecule has 2 unspecified atom stereocenters. The zero-order chi connectivity index (χ0) is 16.5. The van der Waals surface area contributed by atoms with Gasteiger partial charge in [0.15, 0.2) is 5.96 Å². The number of hydrogen-bond donors (Lipinski definition) is 1. The fourth-order valence-electron chi connectivity index (χ4n) is 4.42. The molecule has 0 spiro atoms. The quantitative estimate of drug-likeness (QED) is 0.682. The normalized spacial score (nSPS) is 24.4. The van der Waals surface area contributed by atoms with Gasteiger partial charge in [0.25, 0.3) is 0 Å². The first-order valence-corrected chi connectivity index (χ1v) is 9.12. The van der Waals surface area contributed by atoms with Crippen molar-refractivity contribution in [3.8, 4) is 0 Å². The molecule has 24 heavy (non-hydrogen) atoms. The molecule has 0 amide bonds. The summed E-state index contributed by atoms with van der Waals surface area (Å²) in [6.45, 7) is 3.03. The Morgan fingerprint density at radius 2 is 1.92 bits per heavy atom. The fourth-order valence-corrected chi connectivity index (χ4v) is 4.42. The number of para-hydroxylation sites is 2. The van der Waals surface area contributed by atoms with Crippen molar-refractivity contribution in [1.29, 1.82) is 0 Å². The van der Waals surface area contributed by atoms with Crippen LogP contribution in [-0.2, 0) is 13.6 Å². The number of fused-ring (bicyclic) bond motifs is 2. The summed E-state index contributed by atoms with van der Waals surface area (Å²) < 4.78 is 2.17. The Hall–Kier alpha value is -2.04. The Labute approximate surface area is 143 Å². The summed E-state index contributed by atoms with van der Waals surface area (Å²) in [5.74, 6) is 3.81. The highest BCUT2D eigenvalue weighted by molar-refractivity contribution is 5.80. The molecule has 1 aromatic heterocycles. The molecule has 1 aromatic carbocycles. The maximum absolute atomic E-state index is 4.74. The zero-order valence-corrected chi connectivity index (χ0v) is 14.7. The van der Waals surface area contributed by atoms with Crippen molar-refractivity contribution < 1.29 is 0 Å². The largest absolute Gasteiger partial charge is 0.349 e. The van der Waals surface area contributed by atoms with E-state index < -0.39 is 0 Å². The van der Waals surface area contributed by atoms with Crippen LogP contribution < -0.4 is 5.32 Å². The van der Waals surface area contributed by atoms with Gasteiger partial charge in [0.05, 0.1) is 17.6 Å². The van der Waals surface area contributed by atoms with E-state index in [-0.39, 0.29) is 0 Å². The third-order valence-corrected chi connectivity index (χ3v) is 5.77. The van der Waals surface area contributed by atoms with Crippen molar-refractivity contribution in [3.63, 3.8) is 0 Å². The second kappa shape index (κ2) is 6.46. The van der Waals surface area contributed by atoms with Gasteiger partial charge in [0.2, 0.25) is 0 Å². The van der Waals surface area contributed by atoms with Gasteiger partial charge in [0.1, 0.15) is 5.82 Å². The number of benzene rings is 1. The Morgan fingerprint density at radius 3 is 2.58 bits per heavy atom. The van der Waals surface area contributed by atoms with Gasteiger partial charge in [-0.15, -0.1) is 0 Å². The molecule has 2 heterocycles. The van der Waals surface area contributed by atoms with Crippen LogP contribution in [0, 0.1) is 11.8 Å². The van der Waals surface area contributed by atoms with E-state index >= 15 is 0 Å². The number of aliphatic imine (C=N–C) groups is 1. The molecule has 0 radical (unpaired) electrons. The summed E-state index contributed by atoms with van der Waals surface area (Å²) in [4.78, 5) is 11.7. The molecule has 1 N–H and O–H groups in total. The summed E-state index contributed by atoms with van der Waals surface area (Å²) in [6.07, 6.45) is 5.59. The van der Waals surface area contributed by atoms with Crippen LogP contribution in [0.4, 0.5) is 0 Å². The van der Waals surface area contributed by atoms with Crippen molar-refractivity contribution >= 4 is 17.0 Å². The maximum Gasteiger partial charge on any atom is 0.194 e. The molecule has 2 aliphatic rings. The van der Waals surface area contributed by atoms with E-state index in [0.717, 1.165) is 42.2 Å². The third-order valence-electron chi connectivity index (χ3n) is 5.77. The Bertz CT molecular complexity index is 733. The van der Waals surface area contributed by atoms with Crippen molar-refractivity contribution in [2.24, 2.45) is 23.9 Å². The summed E-state index contributed by atoms with van der Waals surface area (Å²) in [7, 11) is 3.97. The predicted molar refractivity (Wildman–Crippen MR) is 97.9 cm³/mol. The molecule has 1 aliphatic heterocycles. The topological polar surface area (TPSA) is 45.5 Å². The fraction of sp³-hybridized carbons (Fsp3) is 0.579. The SMILES string of the molecule is CN=C(NCc1nc2ccccc2n1C)N1CC2CCCCC2C1. The number of nitrogens with zero attached hydrogens (tertiary/aromatic N) is 4. The van der Waals surface area contributed by atoms with Crippen molar-refractivity contribution in [2.75, 3.05) is 20.1 Å². The number of rotatable bonds is 2. The van der Waals surface area contributed by atoms with Crippen molar-refractivity contribution in [2.45, 2.75) is 32.2 Å². The molecular formula is C19H27N5. The van der Waals surface area contributed by atoms with Crippen LogP contribution in [0.1, 0.15) is 31.5 Å². The smallest absolute Gasteiger partial charge is 0.194 e. The van der Waals surface area contributed by atoms with Crippen molar-refractivity contribution in [3.05, 3.63) is 30.1 Å². The second-order valence-electron chi connectivity index (χ2n) is 7.19. The molecule has 128 valence electrons. The van der Waals surface area contributed by atoms with E-state index in [0.29, 0.717) is 6.54 Å². The first kappa shape index (κ1) is 15.5. The van der Waals surface area contributed by atoms with Crippen LogP contribution >= 0.6 is 0 Å². The first-order valence-electron chi connectivity index (χ1n) is 9.12. The Kier molecular flexibility index (Phi) is 4.17. The van der Waals surface area contributed by atoms with Gasteiger partial charge < -0.3 is 14.8 Å². The number of hydrogen-bond acceptors (Lipinski definition) is 2. The van der Waals surface area contributed by atoms with Crippen LogP contribution in [0.2, 0.25) is 0 Å². The van der Waals surface area contributed by atoms with Crippen molar-refractivity contribution in [1.82, 2.24) is 19.8 Å². The van der Waals surface area contributed by atoms with E-state index in [1.807, 2.05) is 13.1 Å². The lowest BCUT2D eigenvalue weighted by atomic mass is 9.82. The molecule has 0 bridgehead atoms. The Morgan fingerprint density at radius 1 is 1.21 bits per heavy atom. The van der Waals surface area contributed by atoms with Crippen LogP contribution in [-0.4, -0.2) is 40.5 Å². The molecule has 4 rings (SSSR count). The minimum atomic E-state index is 0.712. The lowest BCUT2D eigenvalue weighted by Crippen LogP contribution is -2.40. The highest BCUT2D eigenvalue weighted by Crippen LogP contribution is 2.35. The predicted octanol–water partition coefficient (Wildman–Crippen LogP) is 2.77. The molecular weight excluding hydrogens is 298 g/mol. The highest BCUT2D eigenvalue weighted by atomic mass is 15.3. The number of imidazole rings is 1. The number of likely N-dealkylation sites (tertiary alicyclic amines) is 1. The number of nitrogens with one attached hydrogen (secondary N) is 1. The van der Waals surface area contributed by atoms with Crippen LogP contribution in [0.15, 0.2) is 29.3 Å². The number of aryl methyl sites for hydroxylation is 1. The zero-order valence-electron chi connectivity index (χ0n) is 14.7. The van der Waals surface area contributed by atoms with Crippen LogP contribution in [0.25, 0.3) is 11.0 Å². The molecule has 1 aliphatic carbocycles. The lowest BCUT2D eigenvalue weighted by molar-refractivity contribution is 0.299. The summed E-state index contributed by atoms with van der Waals surface area (Å²) in [6, 6.07) is 8.29. The second-order valence-corrected chi connectivity index (χ2v) is 7.19. The molecule has 2 aromatic rings. The summed E-state index contributed by atoms with van der Waals surface area (Å²) >= 11 is 0. The first-order chi connectivity index (χ1) is 11.8.